The third-order valence-corrected chi connectivity index (χ3v) is 4.68. The van der Waals surface area contributed by atoms with Gasteiger partial charge in [0, 0.05) is 11.4 Å². The third-order valence-electron chi connectivity index (χ3n) is 3.59. The Morgan fingerprint density at radius 2 is 2.04 bits per heavy atom. The van der Waals surface area contributed by atoms with Gasteiger partial charge in [0.2, 0.25) is 6.43 Å². The minimum atomic E-state index is -4.61. The Bertz CT molecular complexity index is 618. The summed E-state index contributed by atoms with van der Waals surface area (Å²) in [6.07, 6.45) is -7.36. The number of ether oxygens (including phenoxy) is 1. The number of halogens is 6. The molecule has 2 rings (SSSR count). The molecule has 1 saturated heterocycles. The first-order valence-electron chi connectivity index (χ1n) is 7.49. The molecule has 1 fully saturated rings. The molecule has 1 aliphatic rings. The second-order valence-electron chi connectivity index (χ2n) is 5.46. The van der Waals surface area contributed by atoms with Crippen LogP contribution in [0.5, 0.6) is 0 Å². The fourth-order valence-corrected chi connectivity index (χ4v) is 3.10. The molecule has 0 bridgehead atoms. The van der Waals surface area contributed by atoms with Crippen molar-refractivity contribution in [3.05, 3.63) is 23.8 Å². The molecule has 2 atom stereocenters. The van der Waals surface area contributed by atoms with Gasteiger partial charge in [-0.05, 0) is 31.0 Å². The Balaban J connectivity index is 0.00000338. The van der Waals surface area contributed by atoms with Gasteiger partial charge in [-0.25, -0.2) is 8.78 Å². The summed E-state index contributed by atoms with van der Waals surface area (Å²) in [7, 11) is 0. The second kappa shape index (κ2) is 9.72. The van der Waals surface area contributed by atoms with Crippen LogP contribution in [0, 0.1) is 0 Å². The van der Waals surface area contributed by atoms with Gasteiger partial charge >= 0.3 is 6.18 Å². The van der Waals surface area contributed by atoms with Crippen LogP contribution in [-0.4, -0.2) is 36.8 Å². The largest absolute Gasteiger partial charge is 0.416 e. The lowest BCUT2D eigenvalue weighted by Crippen LogP contribution is -2.30. The topological polar surface area (TPSA) is 64.4 Å². The Kier molecular flexibility index (Phi) is 8.58. The zero-order chi connectivity index (χ0) is 18.6. The van der Waals surface area contributed by atoms with Crippen molar-refractivity contribution < 1.29 is 31.5 Å². The van der Waals surface area contributed by atoms with Crippen LogP contribution in [-0.2, 0) is 15.7 Å². The maximum Gasteiger partial charge on any atom is 0.416 e. The van der Waals surface area contributed by atoms with Gasteiger partial charge < -0.3 is 15.8 Å². The van der Waals surface area contributed by atoms with Crippen LogP contribution in [0.3, 0.4) is 0 Å². The first-order valence-corrected chi connectivity index (χ1v) is 8.48. The molecule has 0 saturated carbocycles. The van der Waals surface area contributed by atoms with Crippen molar-refractivity contribution in [3.8, 4) is 0 Å². The first-order chi connectivity index (χ1) is 11.7. The molecular weight excluding hydrogens is 403 g/mol. The maximum absolute atomic E-state index is 12.9. The fraction of sp³-hybridized carbons (Fsp3) is 0.533. The van der Waals surface area contributed by atoms with Crippen LogP contribution < -0.4 is 11.1 Å². The standard InChI is InChI=1S/C15H17F5N2O2S.ClH/c16-13(17)7-25-12-4-1-8(15(18,19)20)5-10(12)22-14(23)11-3-2-9(6-21)24-11;/h1,4-5,9,11,13H,2-3,6-7,21H2,(H,22,23);1H/t9-,11+;/m1./s1. The molecule has 0 spiro atoms. The normalized spacial score (nSPS) is 20.1. The van der Waals surface area contributed by atoms with Crippen LogP contribution in [0.25, 0.3) is 0 Å². The number of alkyl halides is 5. The van der Waals surface area contributed by atoms with E-state index < -0.39 is 35.9 Å². The molecule has 3 N–H and O–H groups in total. The van der Waals surface area contributed by atoms with Crippen LogP contribution >= 0.6 is 24.2 Å². The van der Waals surface area contributed by atoms with E-state index in [9.17, 15) is 26.7 Å². The zero-order valence-corrected chi connectivity index (χ0v) is 15.0. The van der Waals surface area contributed by atoms with Gasteiger partial charge in [0.25, 0.3) is 5.91 Å². The van der Waals surface area contributed by atoms with Gasteiger partial charge in [0.1, 0.15) is 6.10 Å². The number of amides is 1. The number of nitrogens with two attached hydrogens (primary N) is 1. The Morgan fingerprint density at radius 3 is 2.58 bits per heavy atom. The second-order valence-corrected chi connectivity index (χ2v) is 6.52. The van der Waals surface area contributed by atoms with E-state index in [0.717, 1.165) is 18.2 Å². The van der Waals surface area contributed by atoms with E-state index in [2.05, 4.69) is 5.32 Å². The Morgan fingerprint density at radius 1 is 1.35 bits per heavy atom. The number of carbonyl (C=O) groups excluding carboxylic acids is 1. The summed E-state index contributed by atoms with van der Waals surface area (Å²) < 4.78 is 68.8. The van der Waals surface area contributed by atoms with Crippen molar-refractivity contribution in [2.24, 2.45) is 5.73 Å². The molecule has 0 radical (unpaired) electrons. The Hall–Kier alpha value is -1.10. The number of benzene rings is 1. The summed E-state index contributed by atoms with van der Waals surface area (Å²) in [4.78, 5) is 12.3. The molecule has 1 aromatic carbocycles. The Labute approximate surface area is 157 Å². The van der Waals surface area contributed by atoms with E-state index in [1.807, 2.05) is 0 Å². The minimum absolute atomic E-state index is 0. The zero-order valence-electron chi connectivity index (χ0n) is 13.4. The highest BCUT2D eigenvalue weighted by molar-refractivity contribution is 7.99. The van der Waals surface area contributed by atoms with Crippen LogP contribution in [0.2, 0.25) is 0 Å². The molecule has 0 aliphatic carbocycles. The number of anilines is 1. The molecular formula is C15H18ClF5N2O2S. The van der Waals surface area contributed by atoms with E-state index >= 15 is 0 Å². The molecule has 1 aromatic rings. The SMILES string of the molecule is Cl.NC[C@H]1CC[C@@H](C(=O)Nc2cc(C(F)(F)F)ccc2SCC(F)F)O1. The number of rotatable bonds is 6. The molecule has 26 heavy (non-hydrogen) atoms. The van der Waals surface area contributed by atoms with Gasteiger partial charge in [-0.3, -0.25) is 4.79 Å². The average molecular weight is 421 g/mol. The lowest BCUT2D eigenvalue weighted by Gasteiger charge is -2.17. The van der Waals surface area contributed by atoms with Crippen molar-refractivity contribution in [2.45, 2.75) is 42.5 Å². The van der Waals surface area contributed by atoms with Gasteiger partial charge in [0.15, 0.2) is 0 Å². The van der Waals surface area contributed by atoms with Gasteiger partial charge in [-0.15, -0.1) is 24.2 Å². The van der Waals surface area contributed by atoms with Crippen LogP contribution in [0.1, 0.15) is 18.4 Å². The summed E-state index contributed by atoms with van der Waals surface area (Å²) in [5.41, 5.74) is 4.32. The molecule has 4 nitrogen and oxygen atoms in total. The lowest BCUT2D eigenvalue weighted by atomic mass is 10.1. The fourth-order valence-electron chi connectivity index (χ4n) is 2.37. The third kappa shape index (κ3) is 6.26. The first kappa shape index (κ1) is 22.9. The van der Waals surface area contributed by atoms with Crippen LogP contribution in [0.4, 0.5) is 27.6 Å². The highest BCUT2D eigenvalue weighted by Crippen LogP contribution is 2.36. The van der Waals surface area contributed by atoms with Gasteiger partial charge in [-0.2, -0.15) is 13.2 Å². The summed E-state index contributed by atoms with van der Waals surface area (Å²) in [6.45, 7) is 0.239. The van der Waals surface area contributed by atoms with Crippen molar-refractivity contribution in [3.63, 3.8) is 0 Å². The summed E-state index contributed by atoms with van der Waals surface area (Å²) in [5.74, 6) is -1.21. The van der Waals surface area contributed by atoms with E-state index in [0.29, 0.717) is 24.6 Å². The number of hydrogen-bond donors (Lipinski definition) is 2. The predicted molar refractivity (Wildman–Crippen MR) is 91.0 cm³/mol. The number of hydrogen-bond acceptors (Lipinski definition) is 4. The van der Waals surface area contributed by atoms with Crippen LogP contribution in [0.15, 0.2) is 23.1 Å². The van der Waals surface area contributed by atoms with E-state index in [1.165, 1.54) is 0 Å². The summed E-state index contributed by atoms with van der Waals surface area (Å²) >= 11 is 0.671. The smallest absolute Gasteiger partial charge is 0.364 e. The predicted octanol–water partition coefficient (Wildman–Crippen LogP) is 3.93. The number of thioether (sulfide) groups is 1. The monoisotopic (exact) mass is 420 g/mol. The van der Waals surface area contributed by atoms with E-state index in [1.54, 1.807) is 0 Å². The minimum Gasteiger partial charge on any atom is -0.364 e. The van der Waals surface area contributed by atoms with Crippen molar-refractivity contribution in [1.82, 2.24) is 0 Å². The van der Waals surface area contributed by atoms with E-state index in [-0.39, 0.29) is 35.6 Å². The maximum atomic E-state index is 12.9. The average Bonchev–Trinajstić information content (AvgIpc) is 3.01. The van der Waals surface area contributed by atoms with Gasteiger partial charge in [0.05, 0.1) is 23.1 Å². The molecule has 11 heteroatoms. The van der Waals surface area contributed by atoms with Crippen molar-refractivity contribution >= 4 is 35.8 Å². The lowest BCUT2D eigenvalue weighted by molar-refractivity contribution is -0.137. The molecule has 1 amide bonds. The molecule has 0 aromatic heterocycles. The molecule has 148 valence electrons. The summed E-state index contributed by atoms with van der Waals surface area (Å²) in [6, 6.07) is 2.60. The highest BCUT2D eigenvalue weighted by atomic mass is 35.5. The van der Waals surface area contributed by atoms with Gasteiger partial charge in [-0.1, -0.05) is 0 Å². The summed E-state index contributed by atoms with van der Waals surface area (Å²) in [5, 5.41) is 2.36. The molecule has 0 unspecified atom stereocenters. The van der Waals surface area contributed by atoms with E-state index in [4.69, 9.17) is 10.5 Å². The molecule has 1 heterocycles. The number of carbonyl (C=O) groups is 1. The van der Waals surface area contributed by atoms with Crippen molar-refractivity contribution in [1.29, 1.82) is 0 Å². The quantitative estimate of drug-likeness (QED) is 0.540. The van der Waals surface area contributed by atoms with Crippen molar-refractivity contribution in [2.75, 3.05) is 17.6 Å². The number of nitrogens with one attached hydrogen (secondary N) is 1. The molecule has 1 aliphatic heterocycles. The highest BCUT2D eigenvalue weighted by Gasteiger charge is 2.33.